The van der Waals surface area contributed by atoms with Crippen LogP contribution in [0.4, 0.5) is 16.3 Å². The molecule has 1 fully saturated rings. The van der Waals surface area contributed by atoms with Crippen LogP contribution in [-0.2, 0) is 0 Å². The summed E-state index contributed by atoms with van der Waals surface area (Å²) in [6.07, 6.45) is 2.43. The van der Waals surface area contributed by atoms with Crippen LogP contribution in [0.25, 0.3) is 0 Å². The molecule has 2 aromatic rings. The fourth-order valence-electron chi connectivity index (χ4n) is 4.15. The van der Waals surface area contributed by atoms with Gasteiger partial charge in [0.2, 0.25) is 14.1 Å². The van der Waals surface area contributed by atoms with Gasteiger partial charge in [-0.15, -0.1) is 4.57 Å². The van der Waals surface area contributed by atoms with E-state index < -0.39 is 0 Å². The number of amides is 1. The summed E-state index contributed by atoms with van der Waals surface area (Å²) in [7, 11) is 19.6. The summed E-state index contributed by atoms with van der Waals surface area (Å²) in [5.41, 5.74) is 4.09. The first kappa shape index (κ1) is 20.3. The zero-order valence-electron chi connectivity index (χ0n) is 16.4. The minimum absolute atomic E-state index is 0.193. The Balaban J connectivity index is 1.34. The zero-order valence-corrected chi connectivity index (χ0v) is 17.1. The molecule has 2 aliphatic rings. The van der Waals surface area contributed by atoms with E-state index in [1.54, 1.807) is 10.8 Å². The van der Waals surface area contributed by atoms with Crippen molar-refractivity contribution >= 4 is 29.1 Å². The van der Waals surface area contributed by atoms with Gasteiger partial charge in [0.1, 0.15) is 44.6 Å². The highest BCUT2D eigenvalue weighted by atomic mass is 35.5. The van der Waals surface area contributed by atoms with E-state index in [4.69, 9.17) is 32.7 Å². The number of benzene rings is 1. The molecule has 1 unspecified atom stereocenters. The Morgan fingerprint density at radius 1 is 1.00 bits per heavy atom. The lowest BCUT2D eigenvalue weighted by Gasteiger charge is -2.44. The number of carbonyl (C=O) groups is 1. The second-order valence-electron chi connectivity index (χ2n) is 8.15. The molecule has 0 saturated carbocycles. The lowest BCUT2D eigenvalue weighted by atomic mass is 10.1. The van der Waals surface area contributed by atoms with Crippen LogP contribution >= 0.6 is 11.6 Å². The van der Waals surface area contributed by atoms with Crippen LogP contribution < -0.4 is 14.5 Å². The normalized spacial score (nSPS) is 31.4. The maximum atomic E-state index is 12.6. The fraction of sp³-hybridized carbons (Fsp3) is 0.318. The number of halogens is 1. The zero-order chi connectivity index (χ0) is 20.7. The number of hydrogen-bond donors (Lipinski definition) is 1. The van der Waals surface area contributed by atoms with E-state index in [2.05, 4.69) is 5.43 Å². The molecule has 6 radical (unpaired) electrons. The third kappa shape index (κ3) is 3.90. The first-order chi connectivity index (χ1) is 13.7. The Morgan fingerprint density at radius 3 is 2.45 bits per heavy atom. The molecule has 29 heavy (non-hydrogen) atoms. The minimum Gasteiger partial charge on any atom is -0.301 e. The van der Waals surface area contributed by atoms with Crippen molar-refractivity contribution in [2.75, 3.05) is 44.7 Å². The topological polar surface area (TPSA) is 33.0 Å². The third-order valence-corrected chi connectivity index (χ3v) is 6.28. The first-order valence-electron chi connectivity index (χ1n) is 9.80. The van der Waals surface area contributed by atoms with E-state index in [1.807, 2.05) is 42.5 Å². The van der Waals surface area contributed by atoms with Gasteiger partial charge in [0, 0.05) is 17.2 Å². The van der Waals surface area contributed by atoms with Crippen molar-refractivity contribution in [3.05, 3.63) is 74.8 Å². The maximum Gasteiger partial charge on any atom is 0.556 e. The molecule has 148 valence electrons. The summed E-state index contributed by atoms with van der Waals surface area (Å²) in [5.74, 6) is 0.696. The van der Waals surface area contributed by atoms with Crippen LogP contribution in [0.15, 0.2) is 48.7 Å². The largest absolute Gasteiger partial charge is 0.556 e. The van der Waals surface area contributed by atoms with Crippen LogP contribution in [0.2, 0.25) is 5.02 Å². The first-order valence-corrected chi connectivity index (χ1v) is 10.2. The Morgan fingerprint density at radius 2 is 1.76 bits per heavy atom. The van der Waals surface area contributed by atoms with Crippen molar-refractivity contribution in [3.8, 4) is 0 Å². The van der Waals surface area contributed by atoms with Gasteiger partial charge < -0.3 is 4.48 Å². The number of nitrogens with zero attached hydrogens (tertiary/aromatic N) is 4. The molecule has 6 nitrogen and oxygen atoms in total. The fourth-order valence-corrected chi connectivity index (χ4v) is 4.33. The highest BCUT2D eigenvalue weighted by Crippen LogP contribution is 2.29. The van der Waals surface area contributed by atoms with E-state index in [-0.39, 0.29) is 10.6 Å². The molecule has 4 rings (SSSR count). The molecular weight excluding hydrogens is 386 g/mol. The Hall–Kier alpha value is -1.99. The van der Waals surface area contributed by atoms with Gasteiger partial charge in [-0.05, 0) is 22.8 Å². The number of aromatic nitrogens is 1. The molecule has 1 aromatic heterocycles. The number of nitrogens with one attached hydrogen (secondary N) is 1. The lowest BCUT2D eigenvalue weighted by Crippen LogP contribution is -2.63. The molecule has 1 N–H and O–H groups in total. The quantitative estimate of drug-likeness (QED) is 0.606. The van der Waals surface area contributed by atoms with Crippen molar-refractivity contribution < 1.29 is 18.4 Å². The molecule has 0 spiro atoms. The highest BCUT2D eigenvalue weighted by Gasteiger charge is 2.51. The lowest BCUT2D eigenvalue weighted by molar-refractivity contribution is -0.893. The summed E-state index contributed by atoms with van der Waals surface area (Å²) < 4.78 is 1.95. The highest BCUT2D eigenvalue weighted by molar-refractivity contribution is 6.30. The van der Waals surface area contributed by atoms with Crippen LogP contribution in [0.3, 0.4) is 0 Å². The summed E-state index contributed by atoms with van der Waals surface area (Å²) in [6, 6.07) is 13.0. The van der Waals surface area contributed by atoms with Crippen molar-refractivity contribution in [2.24, 2.45) is 0 Å². The molecule has 1 amide bonds. The van der Waals surface area contributed by atoms with E-state index in [9.17, 15) is 4.79 Å². The van der Waals surface area contributed by atoms with Gasteiger partial charge in [0.25, 0.3) is 7.05 Å². The molecule has 0 bridgehead atoms. The standard InChI is InChI=1S/C22H25ClN5O/c1-26(14-16-27(2,17-15-26)20-9-6-8-19(23)18-20)12-7-13-28(3)22(29)25-11-5-4-10-21(25)24-28/h1-6,8-11,18H,7,12-17H2/q+3/p+1. The number of quaternary nitrogens is 3. The number of rotatable bonds is 5. The molecule has 2 aliphatic heterocycles. The molecular formula is C22H26ClN5O+4. The van der Waals surface area contributed by atoms with Crippen LogP contribution in [0.5, 0.6) is 0 Å². The number of pyridine rings is 1. The van der Waals surface area contributed by atoms with Gasteiger partial charge >= 0.3 is 11.8 Å². The predicted molar refractivity (Wildman–Crippen MR) is 112 cm³/mol. The van der Waals surface area contributed by atoms with E-state index in [1.165, 1.54) is 0 Å². The van der Waals surface area contributed by atoms with Crippen LogP contribution in [0.1, 0.15) is 6.42 Å². The number of piperazine rings is 1. The van der Waals surface area contributed by atoms with Gasteiger partial charge in [0.15, 0.2) is 0 Å². The number of fused-ring (bicyclic) bond motifs is 1. The average molecular weight is 412 g/mol. The van der Waals surface area contributed by atoms with E-state index in [0.29, 0.717) is 32.8 Å². The summed E-state index contributed by atoms with van der Waals surface area (Å²) in [4.78, 5) is 12.6. The minimum atomic E-state index is -0.344. The summed E-state index contributed by atoms with van der Waals surface area (Å²) in [5, 5.41) is 0.683. The second-order valence-corrected chi connectivity index (χ2v) is 8.58. The van der Waals surface area contributed by atoms with Crippen molar-refractivity contribution in [2.45, 2.75) is 6.42 Å². The van der Waals surface area contributed by atoms with Crippen LogP contribution in [0, 0.1) is 21.1 Å². The van der Waals surface area contributed by atoms with Crippen molar-refractivity contribution in [1.82, 2.24) is 4.48 Å². The Labute approximate surface area is 178 Å². The van der Waals surface area contributed by atoms with Gasteiger partial charge in [0.05, 0.1) is 13.0 Å². The van der Waals surface area contributed by atoms with Gasteiger partial charge in [-0.1, -0.05) is 29.2 Å². The number of anilines is 1. The van der Waals surface area contributed by atoms with Gasteiger partial charge in [-0.3, -0.25) is 4.48 Å². The maximum absolute atomic E-state index is 12.6. The number of carbonyl (C=O) groups excluding carboxylic acids is 1. The Bertz CT molecular complexity index is 925. The van der Waals surface area contributed by atoms with E-state index >= 15 is 0 Å². The van der Waals surface area contributed by atoms with Gasteiger partial charge in [-0.25, -0.2) is 0 Å². The van der Waals surface area contributed by atoms with Crippen molar-refractivity contribution in [1.29, 1.82) is 0 Å². The smallest absolute Gasteiger partial charge is 0.301 e. The summed E-state index contributed by atoms with van der Waals surface area (Å²) >= 11 is 6.13. The monoisotopic (exact) mass is 411 g/mol. The number of hydrogen-bond acceptors (Lipinski definition) is 2. The second kappa shape index (κ2) is 7.36. The molecule has 3 heterocycles. The van der Waals surface area contributed by atoms with Crippen molar-refractivity contribution in [3.63, 3.8) is 0 Å². The van der Waals surface area contributed by atoms with E-state index in [0.717, 1.165) is 38.4 Å². The molecule has 7 heteroatoms. The van der Waals surface area contributed by atoms with Gasteiger partial charge in [-0.2, -0.15) is 4.79 Å². The summed E-state index contributed by atoms with van der Waals surface area (Å²) in [6.45, 7) is 4.10. The third-order valence-electron chi connectivity index (χ3n) is 6.05. The Kier molecular flexibility index (Phi) is 5.15. The molecule has 1 aromatic carbocycles. The molecule has 0 aliphatic carbocycles. The van der Waals surface area contributed by atoms with Crippen LogP contribution in [-0.4, -0.2) is 54.4 Å². The molecule has 1 atom stereocenters. The molecule has 1 saturated heterocycles. The predicted octanol–water partition coefficient (Wildman–Crippen LogP) is 2.99. The average Bonchev–Trinajstić information content (AvgIpc) is 2.95. The SMILES string of the molecule is [CH][N+]1(CCC[N+]2([CH])Nc3cccc[n+]3C2=O)CC[N+]([CH])(c2cccc(Cl)c2)CC1.